The number of hydrogen-bond donors (Lipinski definition) is 0. The zero-order valence-electron chi connectivity index (χ0n) is 10.4. The maximum absolute atomic E-state index is 6.31. The summed E-state index contributed by atoms with van der Waals surface area (Å²) < 4.78 is 7.47. The van der Waals surface area contributed by atoms with Crippen molar-refractivity contribution in [3.63, 3.8) is 0 Å². The van der Waals surface area contributed by atoms with Gasteiger partial charge in [-0.15, -0.1) is 0 Å². The number of ether oxygens (including phenoxy) is 1. The molecular formula is C13H25IO. The summed E-state index contributed by atoms with van der Waals surface area (Å²) in [5.41, 5.74) is 0.210. The van der Waals surface area contributed by atoms with Gasteiger partial charge in [-0.2, -0.15) is 0 Å². The zero-order valence-corrected chi connectivity index (χ0v) is 12.5. The highest BCUT2D eigenvalue weighted by Crippen LogP contribution is 2.37. The third kappa shape index (κ3) is 4.22. The van der Waals surface area contributed by atoms with Gasteiger partial charge in [-0.1, -0.05) is 42.9 Å². The van der Waals surface area contributed by atoms with Gasteiger partial charge >= 0.3 is 0 Å². The van der Waals surface area contributed by atoms with Crippen LogP contribution in [0.3, 0.4) is 0 Å². The topological polar surface area (TPSA) is 9.23 Å². The van der Waals surface area contributed by atoms with Crippen LogP contribution in [-0.4, -0.2) is 16.1 Å². The van der Waals surface area contributed by atoms with Gasteiger partial charge in [0, 0.05) is 4.43 Å². The summed E-state index contributed by atoms with van der Waals surface area (Å²) in [4.78, 5) is 0. The van der Waals surface area contributed by atoms with Crippen molar-refractivity contribution < 1.29 is 4.74 Å². The Morgan fingerprint density at radius 3 is 2.47 bits per heavy atom. The molecule has 0 radical (unpaired) electrons. The van der Waals surface area contributed by atoms with Crippen molar-refractivity contribution in [3.05, 3.63) is 0 Å². The lowest BCUT2D eigenvalue weighted by molar-refractivity contribution is -0.0977. The Balaban J connectivity index is 2.46. The molecule has 1 rings (SSSR count). The molecule has 90 valence electrons. The molecule has 0 aromatic rings. The fraction of sp³-hybridized carbons (Fsp3) is 1.00. The number of halogens is 1. The summed E-state index contributed by atoms with van der Waals surface area (Å²) >= 11 is 2.50. The number of hydrogen-bond acceptors (Lipinski definition) is 1. The molecule has 0 saturated heterocycles. The summed E-state index contributed by atoms with van der Waals surface area (Å²) in [5, 5.41) is 0. The van der Waals surface area contributed by atoms with Crippen molar-refractivity contribution in [2.45, 2.75) is 71.0 Å². The normalized spacial score (nSPS) is 34.0. The second-order valence-corrected chi connectivity index (χ2v) is 5.98. The molecule has 0 N–H and O–H groups in total. The molecule has 1 saturated carbocycles. The monoisotopic (exact) mass is 324 g/mol. The van der Waals surface area contributed by atoms with Gasteiger partial charge in [0.2, 0.25) is 0 Å². The first kappa shape index (κ1) is 13.8. The SMILES string of the molecule is CCCC(C)OC1(CI)CCC(C)CC1. The van der Waals surface area contributed by atoms with E-state index in [1.807, 2.05) is 0 Å². The maximum atomic E-state index is 6.31. The molecule has 1 fully saturated rings. The Morgan fingerprint density at radius 1 is 1.40 bits per heavy atom. The third-order valence-electron chi connectivity index (χ3n) is 3.58. The van der Waals surface area contributed by atoms with Crippen LogP contribution in [0.4, 0.5) is 0 Å². The average molecular weight is 324 g/mol. The minimum atomic E-state index is 0.210. The molecule has 1 atom stereocenters. The van der Waals surface area contributed by atoms with Crippen molar-refractivity contribution in [1.82, 2.24) is 0 Å². The van der Waals surface area contributed by atoms with Gasteiger partial charge in [0.05, 0.1) is 11.7 Å². The van der Waals surface area contributed by atoms with Crippen LogP contribution < -0.4 is 0 Å². The molecule has 0 aromatic heterocycles. The first-order valence-corrected chi connectivity index (χ1v) is 7.88. The van der Waals surface area contributed by atoms with Crippen molar-refractivity contribution in [3.8, 4) is 0 Å². The van der Waals surface area contributed by atoms with Crippen molar-refractivity contribution in [2.24, 2.45) is 5.92 Å². The van der Waals surface area contributed by atoms with Crippen LogP contribution in [0.2, 0.25) is 0 Å². The molecule has 15 heavy (non-hydrogen) atoms. The Bertz CT molecular complexity index is 173. The number of alkyl halides is 1. The maximum Gasteiger partial charge on any atom is 0.0775 e. The Kier molecular flexibility index (Phi) is 5.90. The molecule has 1 aliphatic rings. The summed E-state index contributed by atoms with van der Waals surface area (Å²) in [7, 11) is 0. The molecule has 2 heteroatoms. The highest BCUT2D eigenvalue weighted by atomic mass is 127. The van der Waals surface area contributed by atoms with Gasteiger partial charge < -0.3 is 4.74 Å². The van der Waals surface area contributed by atoms with E-state index in [1.165, 1.54) is 38.5 Å². The largest absolute Gasteiger partial charge is 0.371 e. The van der Waals surface area contributed by atoms with Crippen LogP contribution in [-0.2, 0) is 4.74 Å². The summed E-state index contributed by atoms with van der Waals surface area (Å²) in [6.07, 6.45) is 8.11. The molecule has 0 aromatic carbocycles. The number of rotatable bonds is 5. The van der Waals surface area contributed by atoms with E-state index in [1.54, 1.807) is 0 Å². The molecule has 1 unspecified atom stereocenters. The Morgan fingerprint density at radius 2 is 2.00 bits per heavy atom. The average Bonchev–Trinajstić information content (AvgIpc) is 2.22. The summed E-state index contributed by atoms with van der Waals surface area (Å²) in [5.74, 6) is 0.908. The first-order chi connectivity index (χ1) is 7.12. The summed E-state index contributed by atoms with van der Waals surface area (Å²) in [6.45, 7) is 6.84. The molecule has 0 bridgehead atoms. The lowest BCUT2D eigenvalue weighted by Gasteiger charge is -2.40. The van der Waals surface area contributed by atoms with Crippen molar-refractivity contribution in [2.75, 3.05) is 4.43 Å². The highest BCUT2D eigenvalue weighted by molar-refractivity contribution is 14.1. The van der Waals surface area contributed by atoms with Crippen LogP contribution in [0.25, 0.3) is 0 Å². The molecule has 1 aliphatic carbocycles. The fourth-order valence-electron chi connectivity index (χ4n) is 2.46. The van der Waals surface area contributed by atoms with Gasteiger partial charge in [0.1, 0.15) is 0 Å². The predicted octanol–water partition coefficient (Wildman–Crippen LogP) is 4.58. The van der Waals surface area contributed by atoms with Crippen LogP contribution in [0, 0.1) is 5.92 Å². The smallest absolute Gasteiger partial charge is 0.0775 e. The highest BCUT2D eigenvalue weighted by Gasteiger charge is 2.35. The third-order valence-corrected chi connectivity index (χ3v) is 4.97. The van der Waals surface area contributed by atoms with Gasteiger partial charge in [-0.3, -0.25) is 0 Å². The van der Waals surface area contributed by atoms with E-state index in [4.69, 9.17) is 4.74 Å². The minimum absolute atomic E-state index is 0.210. The van der Waals surface area contributed by atoms with Gasteiger partial charge in [-0.25, -0.2) is 0 Å². The molecule has 1 nitrogen and oxygen atoms in total. The van der Waals surface area contributed by atoms with Gasteiger partial charge in [0.15, 0.2) is 0 Å². The van der Waals surface area contributed by atoms with Crippen molar-refractivity contribution >= 4 is 22.6 Å². The Labute approximate surface area is 108 Å². The quantitative estimate of drug-likeness (QED) is 0.531. The standard InChI is InChI=1S/C13H25IO/c1-4-5-12(3)15-13(10-14)8-6-11(2)7-9-13/h11-12H,4-10H2,1-3H3. The van der Waals surface area contributed by atoms with Gasteiger partial charge in [0.25, 0.3) is 0 Å². The van der Waals surface area contributed by atoms with Crippen LogP contribution in [0.15, 0.2) is 0 Å². The van der Waals surface area contributed by atoms with Crippen LogP contribution in [0.1, 0.15) is 59.3 Å². The van der Waals surface area contributed by atoms with E-state index in [9.17, 15) is 0 Å². The van der Waals surface area contributed by atoms with Gasteiger partial charge in [-0.05, 0) is 44.9 Å². The zero-order chi connectivity index (χ0) is 11.3. The second kappa shape index (κ2) is 6.43. The molecule has 0 spiro atoms. The van der Waals surface area contributed by atoms with E-state index >= 15 is 0 Å². The van der Waals surface area contributed by atoms with E-state index in [2.05, 4.69) is 43.4 Å². The fourth-order valence-corrected chi connectivity index (χ4v) is 3.41. The van der Waals surface area contributed by atoms with Crippen molar-refractivity contribution in [1.29, 1.82) is 0 Å². The molecule has 0 heterocycles. The lowest BCUT2D eigenvalue weighted by Crippen LogP contribution is -2.41. The van der Waals surface area contributed by atoms with E-state index in [0.29, 0.717) is 6.10 Å². The molecule has 0 amide bonds. The lowest BCUT2D eigenvalue weighted by atomic mass is 9.80. The van der Waals surface area contributed by atoms with E-state index in [0.717, 1.165) is 10.3 Å². The molecular weight excluding hydrogens is 299 g/mol. The summed E-state index contributed by atoms with van der Waals surface area (Å²) in [6, 6.07) is 0. The molecule has 0 aliphatic heterocycles. The second-order valence-electron chi connectivity index (χ2n) is 5.22. The van der Waals surface area contributed by atoms with Crippen LogP contribution >= 0.6 is 22.6 Å². The predicted molar refractivity (Wildman–Crippen MR) is 74.7 cm³/mol. The Hall–Kier alpha value is 0.690. The van der Waals surface area contributed by atoms with E-state index < -0.39 is 0 Å². The van der Waals surface area contributed by atoms with Crippen LogP contribution in [0.5, 0.6) is 0 Å². The minimum Gasteiger partial charge on any atom is -0.371 e. The van der Waals surface area contributed by atoms with E-state index in [-0.39, 0.29) is 5.60 Å². The first-order valence-electron chi connectivity index (χ1n) is 6.35.